The van der Waals surface area contributed by atoms with E-state index < -0.39 is 25.8 Å². The molecule has 0 fully saturated rings. The second-order valence-electron chi connectivity index (χ2n) is 5.47. The molecule has 1 unspecified atom stereocenters. The minimum absolute atomic E-state index is 0.175. The van der Waals surface area contributed by atoms with E-state index in [2.05, 4.69) is 0 Å². The fourth-order valence-electron chi connectivity index (χ4n) is 2.19. The van der Waals surface area contributed by atoms with Crippen molar-refractivity contribution in [3.63, 3.8) is 0 Å². The van der Waals surface area contributed by atoms with Crippen LogP contribution >= 0.6 is 0 Å². The topological polar surface area (TPSA) is 98.9 Å². The zero-order chi connectivity index (χ0) is 16.0. The van der Waals surface area contributed by atoms with Gasteiger partial charge in [0.15, 0.2) is 0 Å². The van der Waals surface area contributed by atoms with E-state index in [4.69, 9.17) is 9.56 Å². The highest BCUT2D eigenvalue weighted by atomic mass is 32.2. The molecule has 0 heterocycles. The molecule has 0 aromatic carbocycles. The van der Waals surface area contributed by atoms with E-state index in [-0.39, 0.29) is 23.7 Å². The third-order valence-corrected chi connectivity index (χ3v) is 5.45. The first-order valence-corrected chi connectivity index (χ1v) is 10.5. The summed E-state index contributed by atoms with van der Waals surface area (Å²) >= 11 is 0. The Morgan fingerprint density at radius 3 is 1.95 bits per heavy atom. The molecule has 0 aromatic rings. The SMILES string of the molecule is CC(=O)C(CCCCS(C)=O)(CCS(C)(=N)=N)C(C)=O. The summed E-state index contributed by atoms with van der Waals surface area (Å²) in [4.78, 5) is 23.9. The van der Waals surface area contributed by atoms with Crippen LogP contribution in [0.15, 0.2) is 0 Å². The maximum atomic E-state index is 12.0. The minimum Gasteiger partial charge on any atom is -0.299 e. The summed E-state index contributed by atoms with van der Waals surface area (Å²) in [5, 5.41) is 0. The van der Waals surface area contributed by atoms with E-state index in [1.807, 2.05) is 0 Å². The zero-order valence-electron chi connectivity index (χ0n) is 12.8. The van der Waals surface area contributed by atoms with Gasteiger partial charge in [-0.2, -0.15) is 0 Å². The molecular formula is C13H26N2O3S2. The standard InChI is InChI=1S/C13H26N2O3S2/c1-11(16)13(12(2)17,8-10-20(4,14)15)7-5-6-9-19(3)18/h14-15H,5-10H2,1-4H3. The second kappa shape index (κ2) is 8.02. The molecule has 2 N–H and O–H groups in total. The van der Waals surface area contributed by atoms with Crippen LogP contribution in [0.4, 0.5) is 0 Å². The van der Waals surface area contributed by atoms with Gasteiger partial charge in [-0.1, -0.05) is 16.0 Å². The van der Waals surface area contributed by atoms with Gasteiger partial charge in [-0.15, -0.1) is 0 Å². The predicted octanol–water partition coefficient (Wildman–Crippen LogP) is 2.40. The van der Waals surface area contributed by atoms with Crippen LogP contribution in [0.3, 0.4) is 0 Å². The number of ketones is 2. The van der Waals surface area contributed by atoms with Gasteiger partial charge in [0.2, 0.25) is 0 Å². The molecular weight excluding hydrogens is 296 g/mol. The Kier molecular flexibility index (Phi) is 7.80. The van der Waals surface area contributed by atoms with Crippen molar-refractivity contribution in [2.24, 2.45) is 5.41 Å². The lowest BCUT2D eigenvalue weighted by Gasteiger charge is -2.29. The molecule has 118 valence electrons. The van der Waals surface area contributed by atoms with Gasteiger partial charge in [-0.05, 0) is 33.1 Å². The highest BCUT2D eigenvalue weighted by Crippen LogP contribution is 2.32. The normalized spacial score (nSPS) is 14.0. The van der Waals surface area contributed by atoms with Gasteiger partial charge in [0.1, 0.15) is 11.6 Å². The Morgan fingerprint density at radius 2 is 1.60 bits per heavy atom. The number of carbonyl (C=O) groups excluding carboxylic acids is 2. The molecule has 0 bridgehead atoms. The Labute approximate surface area is 124 Å². The minimum atomic E-state index is -2.22. The smallest absolute Gasteiger partial charge is 0.143 e. The van der Waals surface area contributed by atoms with Gasteiger partial charge in [-0.25, -0.2) is 0 Å². The summed E-state index contributed by atoms with van der Waals surface area (Å²) in [6.45, 7) is 2.83. The zero-order valence-corrected chi connectivity index (χ0v) is 14.4. The van der Waals surface area contributed by atoms with Gasteiger partial charge in [0.05, 0.1) is 5.41 Å². The van der Waals surface area contributed by atoms with Crippen LogP contribution < -0.4 is 0 Å². The largest absolute Gasteiger partial charge is 0.299 e. The number of rotatable bonds is 10. The second-order valence-corrected chi connectivity index (χ2v) is 9.61. The van der Waals surface area contributed by atoms with E-state index >= 15 is 0 Å². The van der Waals surface area contributed by atoms with Crippen LogP contribution in [-0.4, -0.2) is 39.8 Å². The Hall–Kier alpha value is -0.560. The summed E-state index contributed by atoms with van der Waals surface area (Å²) < 4.78 is 26.3. The van der Waals surface area contributed by atoms with Crippen molar-refractivity contribution >= 4 is 32.0 Å². The summed E-state index contributed by atoms with van der Waals surface area (Å²) in [6, 6.07) is 0. The van der Waals surface area contributed by atoms with Crippen molar-refractivity contribution in [3.05, 3.63) is 0 Å². The lowest BCUT2D eigenvalue weighted by Crippen LogP contribution is -2.38. The Morgan fingerprint density at radius 1 is 1.10 bits per heavy atom. The van der Waals surface area contributed by atoms with E-state index in [1.165, 1.54) is 20.1 Å². The Balaban J connectivity index is 4.90. The van der Waals surface area contributed by atoms with Crippen molar-refractivity contribution in [1.29, 1.82) is 9.56 Å². The van der Waals surface area contributed by atoms with Gasteiger partial charge >= 0.3 is 0 Å². The fraction of sp³-hybridized carbons (Fsp3) is 0.846. The number of nitrogens with one attached hydrogen (secondary N) is 2. The van der Waals surface area contributed by atoms with E-state index in [0.717, 1.165) is 6.42 Å². The van der Waals surface area contributed by atoms with Crippen LogP contribution in [0.5, 0.6) is 0 Å². The Bertz CT molecular complexity index is 470. The summed E-state index contributed by atoms with van der Waals surface area (Å²) in [7, 11) is -3.08. The van der Waals surface area contributed by atoms with Crippen molar-refractivity contribution in [3.8, 4) is 0 Å². The van der Waals surface area contributed by atoms with Crippen molar-refractivity contribution in [2.75, 3.05) is 24.0 Å². The van der Waals surface area contributed by atoms with Crippen LogP contribution in [-0.2, 0) is 30.0 Å². The van der Waals surface area contributed by atoms with E-state index in [9.17, 15) is 13.8 Å². The van der Waals surface area contributed by atoms with Crippen molar-refractivity contribution in [2.45, 2.75) is 39.5 Å². The summed E-state index contributed by atoms with van der Waals surface area (Å²) in [5.74, 6) is 0.495. The maximum Gasteiger partial charge on any atom is 0.143 e. The lowest BCUT2D eigenvalue weighted by atomic mass is 9.74. The average Bonchev–Trinajstić information content (AvgIpc) is 2.25. The molecule has 0 spiro atoms. The maximum absolute atomic E-state index is 12.0. The first-order chi connectivity index (χ1) is 9.01. The molecule has 0 amide bonds. The van der Waals surface area contributed by atoms with Gasteiger partial charge in [0.25, 0.3) is 0 Å². The molecule has 5 nitrogen and oxygen atoms in total. The van der Waals surface area contributed by atoms with Crippen LogP contribution in [0, 0.1) is 15.0 Å². The number of Topliss-reactive ketones (excluding diaryl/α,β-unsaturated/α-hetero) is 2. The molecule has 0 aliphatic carbocycles. The molecule has 0 rings (SSSR count). The predicted molar refractivity (Wildman–Crippen MR) is 84.8 cm³/mol. The van der Waals surface area contributed by atoms with E-state index in [1.54, 1.807) is 6.26 Å². The van der Waals surface area contributed by atoms with Gasteiger partial charge in [0, 0.05) is 34.8 Å². The molecule has 1 atom stereocenters. The lowest BCUT2D eigenvalue weighted by molar-refractivity contribution is -0.139. The molecule has 0 saturated heterocycles. The molecule has 0 aliphatic heterocycles. The number of hydrogen-bond donors (Lipinski definition) is 2. The van der Waals surface area contributed by atoms with Gasteiger partial charge < -0.3 is 0 Å². The first kappa shape index (κ1) is 19.4. The highest BCUT2D eigenvalue weighted by molar-refractivity contribution is 7.92. The molecule has 0 aromatic heterocycles. The van der Waals surface area contributed by atoms with Crippen LogP contribution in [0.25, 0.3) is 0 Å². The third-order valence-electron chi connectivity index (χ3n) is 3.57. The quantitative estimate of drug-likeness (QED) is 0.477. The molecule has 0 saturated carbocycles. The average molecular weight is 322 g/mol. The number of carbonyl (C=O) groups is 2. The first-order valence-electron chi connectivity index (χ1n) is 6.58. The van der Waals surface area contributed by atoms with Crippen LogP contribution in [0.2, 0.25) is 0 Å². The van der Waals surface area contributed by atoms with Crippen LogP contribution in [0.1, 0.15) is 39.5 Å². The van der Waals surface area contributed by atoms with Crippen molar-refractivity contribution < 1.29 is 13.8 Å². The monoisotopic (exact) mass is 322 g/mol. The van der Waals surface area contributed by atoms with E-state index in [0.29, 0.717) is 18.6 Å². The van der Waals surface area contributed by atoms with Gasteiger partial charge in [-0.3, -0.25) is 23.4 Å². The molecule has 7 heteroatoms. The number of hydrogen-bond acceptors (Lipinski definition) is 5. The summed E-state index contributed by atoms with van der Waals surface area (Å²) in [5.41, 5.74) is -1.05. The molecule has 0 aliphatic rings. The fourth-order valence-corrected chi connectivity index (χ4v) is 3.55. The third kappa shape index (κ3) is 6.74. The summed E-state index contributed by atoms with van der Waals surface area (Å²) in [6.07, 6.45) is 5.28. The number of unbranched alkanes of at least 4 members (excludes halogenated alkanes) is 1. The molecule has 20 heavy (non-hydrogen) atoms. The van der Waals surface area contributed by atoms with Crippen molar-refractivity contribution in [1.82, 2.24) is 0 Å². The molecule has 0 radical (unpaired) electrons. The highest BCUT2D eigenvalue weighted by Gasteiger charge is 2.39.